The van der Waals surface area contributed by atoms with Crippen LogP contribution in [-0.4, -0.2) is 6.61 Å². The highest BCUT2D eigenvalue weighted by molar-refractivity contribution is 5.85. The summed E-state index contributed by atoms with van der Waals surface area (Å²) in [5, 5.41) is 0. The number of ether oxygens (including phenoxy) is 1. The van der Waals surface area contributed by atoms with Crippen LogP contribution >= 0.6 is 12.4 Å². The van der Waals surface area contributed by atoms with Crippen molar-refractivity contribution >= 4 is 12.4 Å². The smallest absolute Gasteiger partial charge is 0.124 e. The average molecular weight is 242 g/mol. The van der Waals surface area contributed by atoms with Crippen LogP contribution in [0.15, 0.2) is 18.2 Å². The van der Waals surface area contributed by atoms with Gasteiger partial charge >= 0.3 is 0 Å². The Morgan fingerprint density at radius 3 is 2.62 bits per heavy atom. The molecule has 0 amide bonds. The van der Waals surface area contributed by atoms with E-state index in [-0.39, 0.29) is 23.9 Å². The van der Waals surface area contributed by atoms with Crippen LogP contribution < -0.4 is 10.5 Å². The fourth-order valence-corrected chi connectivity index (χ4v) is 1.89. The Bertz CT molecular complexity index is 371. The highest BCUT2D eigenvalue weighted by Gasteiger charge is 2.21. The van der Waals surface area contributed by atoms with Crippen molar-refractivity contribution < 1.29 is 4.74 Å². The quantitative estimate of drug-likeness (QED) is 0.757. The van der Waals surface area contributed by atoms with Crippen LogP contribution in [0.1, 0.15) is 44.4 Å². The summed E-state index contributed by atoms with van der Waals surface area (Å²) in [6.07, 6.45) is 0.917. The number of hydrogen-bond donors (Lipinski definition) is 1. The molecule has 1 heterocycles. The lowest BCUT2D eigenvalue weighted by Gasteiger charge is -2.26. The second kappa shape index (κ2) is 4.64. The van der Waals surface area contributed by atoms with E-state index in [1.54, 1.807) is 0 Å². The van der Waals surface area contributed by atoms with E-state index in [2.05, 4.69) is 39.0 Å². The summed E-state index contributed by atoms with van der Waals surface area (Å²) in [5.41, 5.74) is 8.73. The highest BCUT2D eigenvalue weighted by Crippen LogP contribution is 2.34. The van der Waals surface area contributed by atoms with Gasteiger partial charge in [-0.25, -0.2) is 0 Å². The van der Waals surface area contributed by atoms with E-state index in [1.165, 1.54) is 5.56 Å². The van der Waals surface area contributed by atoms with Crippen molar-refractivity contribution in [3.63, 3.8) is 0 Å². The van der Waals surface area contributed by atoms with E-state index >= 15 is 0 Å². The Balaban J connectivity index is 0.00000128. The van der Waals surface area contributed by atoms with Gasteiger partial charge < -0.3 is 10.5 Å². The van der Waals surface area contributed by atoms with Crippen molar-refractivity contribution in [1.29, 1.82) is 0 Å². The van der Waals surface area contributed by atoms with Gasteiger partial charge in [-0.05, 0) is 17.0 Å². The summed E-state index contributed by atoms with van der Waals surface area (Å²) < 4.78 is 5.58. The molecule has 2 N–H and O–H groups in total. The number of fused-ring (bicyclic) bond motifs is 1. The number of nitrogens with two attached hydrogens (primary N) is 1. The minimum absolute atomic E-state index is 0. The van der Waals surface area contributed by atoms with Crippen LogP contribution in [-0.2, 0) is 5.41 Å². The largest absolute Gasteiger partial charge is 0.493 e. The molecule has 0 spiro atoms. The molecule has 0 saturated heterocycles. The number of benzene rings is 1. The molecule has 3 heteroatoms. The van der Waals surface area contributed by atoms with Gasteiger partial charge in [-0.2, -0.15) is 0 Å². The van der Waals surface area contributed by atoms with Crippen molar-refractivity contribution in [3.8, 4) is 5.75 Å². The summed E-state index contributed by atoms with van der Waals surface area (Å²) in [6.45, 7) is 7.38. The van der Waals surface area contributed by atoms with E-state index in [0.29, 0.717) is 0 Å². The molecule has 1 atom stereocenters. The van der Waals surface area contributed by atoms with Crippen LogP contribution in [0.4, 0.5) is 0 Å². The molecule has 0 fully saturated rings. The Labute approximate surface area is 104 Å². The fourth-order valence-electron chi connectivity index (χ4n) is 1.89. The van der Waals surface area contributed by atoms with Gasteiger partial charge in [-0.1, -0.05) is 32.9 Å². The van der Waals surface area contributed by atoms with Crippen molar-refractivity contribution in [1.82, 2.24) is 0 Å². The first-order valence-corrected chi connectivity index (χ1v) is 5.51. The van der Waals surface area contributed by atoms with Crippen molar-refractivity contribution in [2.24, 2.45) is 5.73 Å². The normalized spacial score (nSPS) is 19.4. The summed E-state index contributed by atoms with van der Waals surface area (Å²) in [5.74, 6) is 0.960. The van der Waals surface area contributed by atoms with Gasteiger partial charge in [-0.15, -0.1) is 12.4 Å². The Hall–Kier alpha value is -0.730. The van der Waals surface area contributed by atoms with E-state index in [0.717, 1.165) is 24.3 Å². The predicted molar refractivity (Wildman–Crippen MR) is 69.4 cm³/mol. The molecule has 2 nitrogen and oxygen atoms in total. The lowest BCUT2D eigenvalue weighted by Crippen LogP contribution is -2.22. The van der Waals surface area contributed by atoms with Crippen molar-refractivity contribution in [2.45, 2.75) is 38.6 Å². The molecule has 0 radical (unpaired) electrons. The third-order valence-electron chi connectivity index (χ3n) is 2.96. The molecule has 0 aromatic heterocycles. The average Bonchev–Trinajstić information content (AvgIpc) is 2.16. The third kappa shape index (κ3) is 2.50. The minimum Gasteiger partial charge on any atom is -0.493 e. The maximum Gasteiger partial charge on any atom is 0.124 e. The Morgan fingerprint density at radius 1 is 1.31 bits per heavy atom. The lowest BCUT2D eigenvalue weighted by molar-refractivity contribution is 0.268. The predicted octanol–water partition coefficient (Wildman–Crippen LogP) is 3.19. The van der Waals surface area contributed by atoms with Gasteiger partial charge in [0.1, 0.15) is 5.75 Å². The van der Waals surface area contributed by atoms with E-state index < -0.39 is 0 Å². The lowest BCUT2D eigenvalue weighted by atomic mass is 9.84. The first-order valence-electron chi connectivity index (χ1n) is 5.51. The fraction of sp³-hybridized carbons (Fsp3) is 0.538. The molecular formula is C13H20ClNO. The maximum absolute atomic E-state index is 6.08. The molecular weight excluding hydrogens is 222 g/mol. The zero-order valence-corrected chi connectivity index (χ0v) is 10.9. The summed E-state index contributed by atoms with van der Waals surface area (Å²) >= 11 is 0. The molecule has 0 bridgehead atoms. The van der Waals surface area contributed by atoms with Crippen molar-refractivity contribution in [2.75, 3.05) is 6.61 Å². The first-order chi connectivity index (χ1) is 6.98. The second-order valence-electron chi connectivity index (χ2n) is 5.25. The topological polar surface area (TPSA) is 35.2 Å². The molecule has 1 aliphatic heterocycles. The van der Waals surface area contributed by atoms with Crippen LogP contribution in [0.2, 0.25) is 0 Å². The number of rotatable bonds is 0. The molecule has 0 aliphatic carbocycles. The second-order valence-corrected chi connectivity index (χ2v) is 5.25. The monoisotopic (exact) mass is 241 g/mol. The van der Waals surface area contributed by atoms with E-state index in [9.17, 15) is 0 Å². The van der Waals surface area contributed by atoms with Gasteiger partial charge in [-0.3, -0.25) is 0 Å². The van der Waals surface area contributed by atoms with Gasteiger partial charge in [0.25, 0.3) is 0 Å². The van der Waals surface area contributed by atoms with E-state index in [4.69, 9.17) is 10.5 Å². The third-order valence-corrected chi connectivity index (χ3v) is 2.96. The van der Waals surface area contributed by atoms with Crippen LogP contribution in [0, 0.1) is 0 Å². The number of halogens is 1. The Morgan fingerprint density at radius 2 is 2.00 bits per heavy atom. The molecule has 1 aromatic carbocycles. The van der Waals surface area contributed by atoms with Crippen molar-refractivity contribution in [3.05, 3.63) is 29.3 Å². The number of hydrogen-bond acceptors (Lipinski definition) is 2. The summed E-state index contributed by atoms with van der Waals surface area (Å²) in [4.78, 5) is 0. The molecule has 1 aromatic rings. The molecule has 0 saturated carbocycles. The Kier molecular flexibility index (Phi) is 3.87. The zero-order chi connectivity index (χ0) is 11.1. The van der Waals surface area contributed by atoms with Gasteiger partial charge in [0.05, 0.1) is 6.61 Å². The standard InChI is InChI=1S/C13H19NO.ClH/c1-13(2,3)9-4-5-12-10(8-9)11(14)6-7-15-12;/h4-5,8,11H,6-7,14H2,1-3H3;1H/t11-;/m1./s1. The van der Waals surface area contributed by atoms with Gasteiger partial charge in [0.2, 0.25) is 0 Å². The van der Waals surface area contributed by atoms with E-state index in [1.807, 2.05) is 0 Å². The minimum atomic E-state index is 0. The maximum atomic E-state index is 6.08. The molecule has 0 unspecified atom stereocenters. The summed E-state index contributed by atoms with van der Waals surface area (Å²) in [7, 11) is 0. The van der Waals surface area contributed by atoms with Crippen LogP contribution in [0.3, 0.4) is 0 Å². The molecule has 90 valence electrons. The molecule has 1 aliphatic rings. The van der Waals surface area contributed by atoms with Crippen LogP contribution in [0.5, 0.6) is 5.75 Å². The van der Waals surface area contributed by atoms with Crippen LogP contribution in [0.25, 0.3) is 0 Å². The van der Waals surface area contributed by atoms with Gasteiger partial charge in [0, 0.05) is 18.0 Å². The molecule has 16 heavy (non-hydrogen) atoms. The highest BCUT2D eigenvalue weighted by atomic mass is 35.5. The first kappa shape index (κ1) is 13.3. The molecule has 2 rings (SSSR count). The van der Waals surface area contributed by atoms with Gasteiger partial charge in [0.15, 0.2) is 0 Å². The summed E-state index contributed by atoms with van der Waals surface area (Å²) in [6, 6.07) is 6.52. The zero-order valence-electron chi connectivity index (χ0n) is 10.1. The SMILES string of the molecule is CC(C)(C)c1ccc2c(c1)[C@H](N)CCO2.Cl.